The van der Waals surface area contributed by atoms with Gasteiger partial charge in [0.15, 0.2) is 4.77 Å². The van der Waals surface area contributed by atoms with Gasteiger partial charge in [0, 0.05) is 6.04 Å². The number of nitrogens with zero attached hydrogens (tertiary/aromatic N) is 2. The van der Waals surface area contributed by atoms with Crippen molar-refractivity contribution in [2.45, 2.75) is 25.8 Å². The Bertz CT molecular complexity index is 617. The third-order valence-electron chi connectivity index (χ3n) is 3.93. The van der Waals surface area contributed by atoms with E-state index in [-0.39, 0.29) is 0 Å². The number of aromatic amines is 1. The second-order valence-electron chi connectivity index (χ2n) is 5.36. The molecule has 1 aliphatic rings. The molecule has 0 aliphatic carbocycles. The summed E-state index contributed by atoms with van der Waals surface area (Å²) in [5.41, 5.74) is 3.71. The molecule has 0 unspecified atom stereocenters. The monoisotopic (exact) mass is 261 g/mol. The number of hydrogen-bond donors (Lipinski definition) is 1. The molecule has 1 fully saturated rings. The molecule has 2 heterocycles. The van der Waals surface area contributed by atoms with Crippen LogP contribution in [0, 0.1) is 11.7 Å². The summed E-state index contributed by atoms with van der Waals surface area (Å²) in [6.45, 7) is 4.45. The van der Waals surface area contributed by atoms with Crippen molar-refractivity contribution < 1.29 is 0 Å². The summed E-state index contributed by atoms with van der Waals surface area (Å²) in [6.07, 6.45) is 2.37. The highest BCUT2D eigenvalue weighted by molar-refractivity contribution is 7.71. The smallest absolute Gasteiger partial charge is 0.178 e. The predicted molar refractivity (Wildman–Crippen MR) is 77.6 cm³/mol. The summed E-state index contributed by atoms with van der Waals surface area (Å²) in [5, 5.41) is 0. The number of hydrogen-bond acceptors (Lipinski definition) is 2. The van der Waals surface area contributed by atoms with Crippen molar-refractivity contribution in [2.75, 3.05) is 20.1 Å². The van der Waals surface area contributed by atoms with Crippen LogP contribution in [0.25, 0.3) is 11.0 Å². The van der Waals surface area contributed by atoms with E-state index in [1.807, 2.05) is 0 Å². The van der Waals surface area contributed by atoms with Crippen LogP contribution in [0.4, 0.5) is 0 Å². The average molecular weight is 261 g/mol. The lowest BCUT2D eigenvalue weighted by Crippen LogP contribution is -2.31. The number of nitrogens with one attached hydrogen (secondary N) is 1. The van der Waals surface area contributed by atoms with E-state index in [0.29, 0.717) is 6.04 Å². The van der Waals surface area contributed by atoms with Gasteiger partial charge in [-0.3, -0.25) is 0 Å². The number of aromatic nitrogens is 2. The molecule has 1 N–H and O–H groups in total. The van der Waals surface area contributed by atoms with Gasteiger partial charge in [-0.25, -0.2) is 0 Å². The molecule has 4 heteroatoms. The second-order valence-corrected chi connectivity index (χ2v) is 5.74. The standard InChI is InChI=1S/C14H19N3S/c1-10-3-4-12-13(9-10)17(14(18)15-12)11-5-7-16(2)8-6-11/h3-4,9,11H,5-8H2,1-2H3,(H,15,18). The molecule has 96 valence electrons. The summed E-state index contributed by atoms with van der Waals surface area (Å²) >= 11 is 5.50. The van der Waals surface area contributed by atoms with Crippen LogP contribution in [0.15, 0.2) is 18.2 Å². The number of rotatable bonds is 1. The molecule has 0 amide bonds. The highest BCUT2D eigenvalue weighted by Crippen LogP contribution is 2.27. The Balaban J connectivity index is 2.08. The van der Waals surface area contributed by atoms with Crippen molar-refractivity contribution in [3.05, 3.63) is 28.5 Å². The van der Waals surface area contributed by atoms with Crippen LogP contribution in [0.2, 0.25) is 0 Å². The highest BCUT2D eigenvalue weighted by atomic mass is 32.1. The SMILES string of the molecule is Cc1ccc2[nH]c(=S)n(C3CCN(C)CC3)c2c1. The van der Waals surface area contributed by atoms with Crippen LogP contribution in [0.5, 0.6) is 0 Å². The summed E-state index contributed by atoms with van der Waals surface area (Å²) in [4.78, 5) is 5.72. The molecule has 0 radical (unpaired) electrons. The van der Waals surface area contributed by atoms with Crippen LogP contribution in [0.3, 0.4) is 0 Å². The van der Waals surface area contributed by atoms with Crippen molar-refractivity contribution in [1.82, 2.24) is 14.5 Å². The fraction of sp³-hybridized carbons (Fsp3) is 0.500. The third-order valence-corrected chi connectivity index (χ3v) is 4.23. The Hall–Kier alpha value is -1.13. The van der Waals surface area contributed by atoms with Gasteiger partial charge in [-0.2, -0.15) is 0 Å². The first-order chi connectivity index (χ1) is 8.65. The molecular weight excluding hydrogens is 242 g/mol. The average Bonchev–Trinajstić information content (AvgIpc) is 2.66. The molecule has 3 rings (SSSR count). The normalized spacial score (nSPS) is 18.6. The van der Waals surface area contributed by atoms with Gasteiger partial charge in [0.25, 0.3) is 0 Å². The third kappa shape index (κ3) is 1.99. The van der Waals surface area contributed by atoms with E-state index in [1.165, 1.54) is 23.9 Å². The maximum atomic E-state index is 5.50. The lowest BCUT2D eigenvalue weighted by Gasteiger charge is -2.30. The second kappa shape index (κ2) is 4.52. The van der Waals surface area contributed by atoms with Crippen molar-refractivity contribution in [3.63, 3.8) is 0 Å². The van der Waals surface area contributed by atoms with E-state index in [0.717, 1.165) is 23.4 Å². The van der Waals surface area contributed by atoms with Gasteiger partial charge < -0.3 is 14.5 Å². The fourth-order valence-corrected chi connectivity index (χ4v) is 3.20. The van der Waals surface area contributed by atoms with Gasteiger partial charge in [0.1, 0.15) is 0 Å². The molecule has 1 aromatic carbocycles. The topological polar surface area (TPSA) is 24.0 Å². The number of fused-ring (bicyclic) bond motifs is 1. The minimum absolute atomic E-state index is 0.546. The maximum Gasteiger partial charge on any atom is 0.178 e. The number of piperidine rings is 1. The number of imidazole rings is 1. The molecule has 1 aliphatic heterocycles. The van der Waals surface area contributed by atoms with Crippen LogP contribution in [-0.2, 0) is 0 Å². The van der Waals surface area contributed by atoms with Gasteiger partial charge in [-0.15, -0.1) is 0 Å². The molecule has 1 saturated heterocycles. The van der Waals surface area contributed by atoms with Crippen molar-refractivity contribution in [2.24, 2.45) is 0 Å². The van der Waals surface area contributed by atoms with E-state index in [1.54, 1.807) is 0 Å². The summed E-state index contributed by atoms with van der Waals surface area (Å²) in [7, 11) is 2.19. The van der Waals surface area contributed by atoms with E-state index in [9.17, 15) is 0 Å². The fourth-order valence-electron chi connectivity index (χ4n) is 2.85. The Kier molecular flexibility index (Phi) is 2.99. The van der Waals surface area contributed by atoms with Gasteiger partial charge in [0.2, 0.25) is 0 Å². The first-order valence-corrected chi connectivity index (χ1v) is 6.95. The molecule has 1 aromatic heterocycles. The van der Waals surface area contributed by atoms with E-state index < -0.39 is 0 Å². The van der Waals surface area contributed by atoms with Gasteiger partial charge >= 0.3 is 0 Å². The number of H-pyrrole nitrogens is 1. The predicted octanol–water partition coefficient (Wildman–Crippen LogP) is 3.27. The molecule has 2 aromatic rings. The van der Waals surface area contributed by atoms with Crippen LogP contribution >= 0.6 is 12.2 Å². The molecule has 0 spiro atoms. The summed E-state index contributed by atoms with van der Waals surface area (Å²) in [6, 6.07) is 7.04. The van der Waals surface area contributed by atoms with Crippen molar-refractivity contribution in [3.8, 4) is 0 Å². The minimum atomic E-state index is 0.546. The minimum Gasteiger partial charge on any atom is -0.331 e. The zero-order valence-corrected chi connectivity index (χ0v) is 11.8. The van der Waals surface area contributed by atoms with E-state index in [2.05, 4.69) is 46.6 Å². The molecule has 0 saturated carbocycles. The van der Waals surface area contributed by atoms with E-state index in [4.69, 9.17) is 12.2 Å². The van der Waals surface area contributed by atoms with Gasteiger partial charge in [0.05, 0.1) is 11.0 Å². The largest absolute Gasteiger partial charge is 0.331 e. The molecule has 3 nitrogen and oxygen atoms in total. The number of aryl methyl sites for hydroxylation is 1. The maximum absolute atomic E-state index is 5.50. The number of benzene rings is 1. The molecule has 18 heavy (non-hydrogen) atoms. The molecule has 0 atom stereocenters. The number of likely N-dealkylation sites (tertiary alicyclic amines) is 1. The van der Waals surface area contributed by atoms with Gasteiger partial charge in [-0.05, 0) is 69.8 Å². The molecular formula is C14H19N3S. The Morgan fingerprint density at radius 1 is 1.28 bits per heavy atom. The lowest BCUT2D eigenvalue weighted by atomic mass is 10.1. The van der Waals surface area contributed by atoms with Crippen LogP contribution in [-0.4, -0.2) is 34.6 Å². The highest BCUT2D eigenvalue weighted by Gasteiger charge is 2.20. The Morgan fingerprint density at radius 2 is 2.00 bits per heavy atom. The lowest BCUT2D eigenvalue weighted by molar-refractivity contribution is 0.223. The van der Waals surface area contributed by atoms with Crippen LogP contribution < -0.4 is 0 Å². The zero-order chi connectivity index (χ0) is 12.7. The van der Waals surface area contributed by atoms with Crippen molar-refractivity contribution in [1.29, 1.82) is 0 Å². The van der Waals surface area contributed by atoms with Crippen LogP contribution in [0.1, 0.15) is 24.4 Å². The quantitative estimate of drug-likeness (QED) is 0.797. The van der Waals surface area contributed by atoms with E-state index >= 15 is 0 Å². The van der Waals surface area contributed by atoms with Crippen molar-refractivity contribution >= 4 is 23.3 Å². The molecule has 0 bridgehead atoms. The Morgan fingerprint density at radius 3 is 2.72 bits per heavy atom. The zero-order valence-electron chi connectivity index (χ0n) is 10.9. The van der Waals surface area contributed by atoms with Gasteiger partial charge in [-0.1, -0.05) is 6.07 Å². The first-order valence-electron chi connectivity index (χ1n) is 6.54. The first kappa shape index (κ1) is 11.9. The summed E-state index contributed by atoms with van der Waals surface area (Å²) < 4.78 is 3.19. The summed E-state index contributed by atoms with van der Waals surface area (Å²) in [5.74, 6) is 0. The Labute approximate surface area is 112 Å².